The average Bonchev–Trinajstić information content (AvgIpc) is 2.44. The van der Waals surface area contributed by atoms with Crippen LogP contribution in [0.5, 0.6) is 5.75 Å². The number of hydrogen-bond acceptors (Lipinski definition) is 3. The van der Waals surface area contributed by atoms with Crippen molar-refractivity contribution in [3.05, 3.63) is 65.2 Å². The Kier molecular flexibility index (Phi) is 4.38. The van der Waals surface area contributed by atoms with Crippen LogP contribution in [0.1, 0.15) is 22.6 Å². The molecule has 0 aliphatic heterocycles. The highest BCUT2D eigenvalue weighted by Gasteiger charge is 2.30. The Labute approximate surface area is 123 Å². The lowest BCUT2D eigenvalue weighted by atomic mass is 9.99. The van der Waals surface area contributed by atoms with E-state index in [-0.39, 0.29) is 0 Å². The van der Waals surface area contributed by atoms with Crippen molar-refractivity contribution in [1.29, 1.82) is 0 Å². The zero-order valence-corrected chi connectivity index (χ0v) is 11.9. The van der Waals surface area contributed by atoms with Crippen LogP contribution >= 0.6 is 0 Å². The van der Waals surface area contributed by atoms with Gasteiger partial charge in [0.2, 0.25) is 0 Å². The largest absolute Gasteiger partial charge is 0.480 e. The Morgan fingerprint density at radius 2 is 1.71 bits per heavy atom. The van der Waals surface area contributed by atoms with Crippen LogP contribution in [0.3, 0.4) is 0 Å². The Balaban J connectivity index is 2.28. The Morgan fingerprint density at radius 3 is 2.33 bits per heavy atom. The van der Waals surface area contributed by atoms with E-state index in [1.807, 2.05) is 19.1 Å². The summed E-state index contributed by atoms with van der Waals surface area (Å²) in [4.78, 5) is 23.6. The molecular weight excluding hydrogens is 268 g/mol. The molecular formula is C17H16O4. The van der Waals surface area contributed by atoms with Gasteiger partial charge in [0.25, 0.3) is 0 Å². The van der Waals surface area contributed by atoms with Gasteiger partial charge in [-0.05, 0) is 36.6 Å². The van der Waals surface area contributed by atoms with Gasteiger partial charge in [0.05, 0.1) is 0 Å². The first-order chi connectivity index (χ1) is 9.99. The SMILES string of the molecule is Cc1ccc(C)c(OC(=O)[C@@H](C(=O)O)c2ccccc2)c1. The van der Waals surface area contributed by atoms with Crippen molar-refractivity contribution in [1.82, 2.24) is 0 Å². The molecule has 0 unspecified atom stereocenters. The van der Waals surface area contributed by atoms with E-state index in [0.717, 1.165) is 11.1 Å². The molecule has 0 aliphatic carbocycles. The second kappa shape index (κ2) is 6.22. The van der Waals surface area contributed by atoms with E-state index in [9.17, 15) is 14.7 Å². The molecule has 2 aromatic carbocycles. The Morgan fingerprint density at radius 1 is 1.05 bits per heavy atom. The molecule has 0 heterocycles. The molecule has 0 spiro atoms. The van der Waals surface area contributed by atoms with E-state index < -0.39 is 17.9 Å². The predicted octanol–water partition coefficient (Wildman–Crippen LogP) is 3.08. The molecule has 0 saturated heterocycles. The molecule has 0 radical (unpaired) electrons. The number of carboxylic acids is 1. The number of carbonyl (C=O) groups excluding carboxylic acids is 1. The molecule has 4 nitrogen and oxygen atoms in total. The minimum absolute atomic E-state index is 0.391. The van der Waals surface area contributed by atoms with Crippen molar-refractivity contribution in [3.8, 4) is 5.75 Å². The topological polar surface area (TPSA) is 63.6 Å². The van der Waals surface area contributed by atoms with Crippen LogP contribution in [0.2, 0.25) is 0 Å². The summed E-state index contributed by atoms with van der Waals surface area (Å²) in [7, 11) is 0. The molecule has 0 aliphatic rings. The maximum atomic E-state index is 12.2. The third-order valence-electron chi connectivity index (χ3n) is 3.17. The molecule has 108 valence electrons. The summed E-state index contributed by atoms with van der Waals surface area (Å²) in [5.41, 5.74) is 2.13. The van der Waals surface area contributed by atoms with Crippen molar-refractivity contribution in [3.63, 3.8) is 0 Å². The monoisotopic (exact) mass is 284 g/mol. The molecule has 0 bridgehead atoms. The van der Waals surface area contributed by atoms with Gasteiger partial charge in [0.15, 0.2) is 5.92 Å². The summed E-state index contributed by atoms with van der Waals surface area (Å²) in [6, 6.07) is 13.8. The summed E-state index contributed by atoms with van der Waals surface area (Å²) in [6.07, 6.45) is 0. The van der Waals surface area contributed by atoms with E-state index in [4.69, 9.17) is 4.74 Å². The normalized spacial score (nSPS) is 11.7. The second-order valence-electron chi connectivity index (χ2n) is 4.87. The van der Waals surface area contributed by atoms with Crippen molar-refractivity contribution in [2.75, 3.05) is 0 Å². The first-order valence-corrected chi connectivity index (χ1v) is 6.55. The number of rotatable bonds is 4. The van der Waals surface area contributed by atoms with Crippen molar-refractivity contribution in [2.45, 2.75) is 19.8 Å². The number of carbonyl (C=O) groups is 2. The molecule has 0 amide bonds. The number of carboxylic acid groups (broad SMARTS) is 1. The van der Waals surface area contributed by atoms with Crippen LogP contribution in [0.15, 0.2) is 48.5 Å². The minimum atomic E-state index is -1.33. The third kappa shape index (κ3) is 3.48. The highest BCUT2D eigenvalue weighted by atomic mass is 16.5. The van der Waals surface area contributed by atoms with Crippen LogP contribution in [0, 0.1) is 13.8 Å². The van der Waals surface area contributed by atoms with E-state index >= 15 is 0 Å². The molecule has 0 saturated carbocycles. The first-order valence-electron chi connectivity index (χ1n) is 6.55. The lowest BCUT2D eigenvalue weighted by molar-refractivity contribution is -0.148. The van der Waals surface area contributed by atoms with Gasteiger partial charge in [-0.15, -0.1) is 0 Å². The predicted molar refractivity (Wildman–Crippen MR) is 78.4 cm³/mol. The molecule has 1 N–H and O–H groups in total. The number of esters is 1. The lowest BCUT2D eigenvalue weighted by Gasteiger charge is -2.13. The molecule has 0 fully saturated rings. The number of aryl methyl sites for hydroxylation is 2. The van der Waals surface area contributed by atoms with Gasteiger partial charge in [0, 0.05) is 0 Å². The number of hydrogen-bond donors (Lipinski definition) is 1. The van der Waals surface area contributed by atoms with E-state index in [1.54, 1.807) is 43.3 Å². The van der Waals surface area contributed by atoms with Crippen LogP contribution in [0.4, 0.5) is 0 Å². The van der Waals surface area contributed by atoms with Crippen LogP contribution < -0.4 is 4.74 Å². The summed E-state index contributed by atoms with van der Waals surface area (Å²) < 4.78 is 5.28. The Hall–Kier alpha value is -2.62. The van der Waals surface area contributed by atoms with Crippen molar-refractivity contribution < 1.29 is 19.4 Å². The molecule has 2 aromatic rings. The number of benzene rings is 2. The summed E-state index contributed by atoms with van der Waals surface area (Å²) >= 11 is 0. The first kappa shape index (κ1) is 14.8. The molecule has 4 heteroatoms. The molecule has 21 heavy (non-hydrogen) atoms. The van der Waals surface area contributed by atoms with Crippen LogP contribution in [-0.4, -0.2) is 17.0 Å². The van der Waals surface area contributed by atoms with Gasteiger partial charge < -0.3 is 9.84 Å². The zero-order valence-electron chi connectivity index (χ0n) is 11.9. The fourth-order valence-corrected chi connectivity index (χ4v) is 2.01. The quantitative estimate of drug-likeness (QED) is 0.532. The fourth-order valence-electron chi connectivity index (χ4n) is 2.01. The van der Waals surface area contributed by atoms with Crippen LogP contribution in [-0.2, 0) is 9.59 Å². The lowest BCUT2D eigenvalue weighted by Crippen LogP contribution is -2.26. The van der Waals surface area contributed by atoms with Gasteiger partial charge in [0.1, 0.15) is 5.75 Å². The van der Waals surface area contributed by atoms with Gasteiger partial charge >= 0.3 is 11.9 Å². The summed E-state index contributed by atoms with van der Waals surface area (Å²) in [5.74, 6) is -2.95. The van der Waals surface area contributed by atoms with Gasteiger partial charge in [-0.2, -0.15) is 0 Å². The molecule has 2 rings (SSSR count). The Bertz CT molecular complexity index is 662. The van der Waals surface area contributed by atoms with E-state index in [0.29, 0.717) is 11.3 Å². The van der Waals surface area contributed by atoms with Gasteiger partial charge in [-0.1, -0.05) is 42.5 Å². The smallest absolute Gasteiger partial charge is 0.330 e. The highest BCUT2D eigenvalue weighted by molar-refractivity contribution is 6.00. The summed E-state index contributed by atoms with van der Waals surface area (Å²) in [5, 5.41) is 9.30. The fraction of sp³-hybridized carbons (Fsp3) is 0.176. The maximum Gasteiger partial charge on any atom is 0.330 e. The third-order valence-corrected chi connectivity index (χ3v) is 3.17. The van der Waals surface area contributed by atoms with Gasteiger partial charge in [-0.25, -0.2) is 0 Å². The maximum absolute atomic E-state index is 12.2. The zero-order chi connectivity index (χ0) is 15.4. The minimum Gasteiger partial charge on any atom is -0.480 e. The van der Waals surface area contributed by atoms with Crippen molar-refractivity contribution in [2.24, 2.45) is 0 Å². The standard InChI is InChI=1S/C17H16O4/c1-11-8-9-12(2)14(10-11)21-17(20)15(16(18)19)13-6-4-3-5-7-13/h3-10,15H,1-2H3,(H,18,19)/t15-/m1/s1. The van der Waals surface area contributed by atoms with Crippen molar-refractivity contribution >= 4 is 11.9 Å². The van der Waals surface area contributed by atoms with E-state index in [2.05, 4.69) is 0 Å². The van der Waals surface area contributed by atoms with E-state index in [1.165, 1.54) is 0 Å². The van der Waals surface area contributed by atoms with Gasteiger partial charge in [-0.3, -0.25) is 9.59 Å². The summed E-state index contributed by atoms with van der Waals surface area (Å²) in [6.45, 7) is 3.68. The number of ether oxygens (including phenoxy) is 1. The van der Waals surface area contributed by atoms with Crippen LogP contribution in [0.25, 0.3) is 0 Å². The average molecular weight is 284 g/mol. The molecule has 0 aromatic heterocycles. The highest BCUT2D eigenvalue weighted by Crippen LogP contribution is 2.23. The molecule has 1 atom stereocenters. The number of aliphatic carboxylic acids is 1. The second-order valence-corrected chi connectivity index (χ2v) is 4.87.